The number of H-pyrrole nitrogens is 1. The van der Waals surface area contributed by atoms with Crippen LogP contribution in [-0.4, -0.2) is 42.1 Å². The van der Waals surface area contributed by atoms with Crippen molar-refractivity contribution in [2.45, 2.75) is 13.8 Å². The van der Waals surface area contributed by atoms with E-state index < -0.39 is 0 Å². The van der Waals surface area contributed by atoms with Crippen LogP contribution < -0.4 is 5.32 Å². The van der Waals surface area contributed by atoms with Crippen LogP contribution in [0.25, 0.3) is 0 Å². The number of rotatable bonds is 2. The van der Waals surface area contributed by atoms with Gasteiger partial charge in [0.1, 0.15) is 11.5 Å². The molecule has 0 bridgehead atoms. The van der Waals surface area contributed by atoms with Crippen molar-refractivity contribution in [3.8, 4) is 0 Å². The molecule has 14 heavy (non-hydrogen) atoms. The van der Waals surface area contributed by atoms with Crippen molar-refractivity contribution in [1.29, 1.82) is 0 Å². The second kappa shape index (κ2) is 6.01. The van der Waals surface area contributed by atoms with Gasteiger partial charge in [-0.2, -0.15) is 5.10 Å². The van der Waals surface area contributed by atoms with E-state index in [1.165, 1.54) is 4.90 Å². The summed E-state index contributed by atoms with van der Waals surface area (Å²) in [6, 6.07) is 1.67. The highest BCUT2D eigenvalue weighted by Crippen LogP contribution is 2.05. The molecule has 5 heteroatoms. The zero-order valence-electron chi connectivity index (χ0n) is 9.38. The van der Waals surface area contributed by atoms with E-state index in [9.17, 15) is 4.79 Å². The number of hydrogen-bond donors (Lipinski definition) is 2. The number of aromatic amines is 1. The summed E-state index contributed by atoms with van der Waals surface area (Å²) in [6.07, 6.45) is 0. The molecule has 0 saturated carbocycles. The van der Waals surface area contributed by atoms with Crippen molar-refractivity contribution in [2.24, 2.45) is 0 Å². The van der Waals surface area contributed by atoms with Gasteiger partial charge in [-0.05, 0) is 0 Å². The molecular weight excluding hydrogens is 180 g/mol. The number of nitrogens with one attached hydrogen (secondary N) is 2. The molecule has 0 saturated heterocycles. The zero-order chi connectivity index (χ0) is 11.1. The first kappa shape index (κ1) is 12.5. The molecule has 0 fully saturated rings. The maximum absolute atomic E-state index is 11.3. The molecule has 1 rings (SSSR count). The van der Waals surface area contributed by atoms with E-state index >= 15 is 0 Å². The zero-order valence-corrected chi connectivity index (χ0v) is 9.38. The van der Waals surface area contributed by atoms with E-state index in [1.54, 1.807) is 27.2 Å². The molecule has 0 radical (unpaired) electrons. The molecule has 1 amide bonds. The smallest absolute Gasteiger partial charge is 0.271 e. The minimum Gasteiger partial charge on any atom is -0.372 e. The number of carbonyl (C=O) groups is 1. The standard InChI is InChI=1S/C7H12N4O.C2H6/c1-8-6-4-5(9-10-6)7(12)11(2)3;1-2/h4H,1-3H3,(H2,8,9,10);1-2H3. The maximum Gasteiger partial charge on any atom is 0.271 e. The van der Waals surface area contributed by atoms with Crippen LogP contribution in [0.15, 0.2) is 6.07 Å². The fraction of sp³-hybridized carbons (Fsp3) is 0.556. The summed E-state index contributed by atoms with van der Waals surface area (Å²) in [5.74, 6) is 0.587. The number of amides is 1. The Labute approximate surface area is 84.5 Å². The molecule has 0 spiro atoms. The topological polar surface area (TPSA) is 61.0 Å². The van der Waals surface area contributed by atoms with Crippen molar-refractivity contribution in [1.82, 2.24) is 15.1 Å². The Morgan fingerprint density at radius 1 is 1.50 bits per heavy atom. The van der Waals surface area contributed by atoms with Gasteiger partial charge in [0.25, 0.3) is 5.91 Å². The number of anilines is 1. The molecule has 0 atom stereocenters. The molecule has 0 aliphatic carbocycles. The van der Waals surface area contributed by atoms with E-state index in [-0.39, 0.29) is 5.91 Å². The SMILES string of the molecule is CC.CNc1cc(C(=O)N(C)C)[nH]n1. The fourth-order valence-corrected chi connectivity index (χ4v) is 0.800. The Morgan fingerprint density at radius 2 is 2.07 bits per heavy atom. The van der Waals surface area contributed by atoms with Gasteiger partial charge in [0, 0.05) is 27.2 Å². The second-order valence-electron chi connectivity index (χ2n) is 2.62. The summed E-state index contributed by atoms with van der Waals surface area (Å²) in [4.78, 5) is 12.8. The molecule has 2 N–H and O–H groups in total. The summed E-state index contributed by atoms with van der Waals surface area (Å²) < 4.78 is 0. The quantitative estimate of drug-likeness (QED) is 0.750. The largest absolute Gasteiger partial charge is 0.372 e. The Morgan fingerprint density at radius 3 is 2.43 bits per heavy atom. The third-order valence-electron chi connectivity index (χ3n) is 1.47. The van der Waals surface area contributed by atoms with Crippen LogP contribution in [0.5, 0.6) is 0 Å². The Balaban J connectivity index is 0.000000791. The van der Waals surface area contributed by atoms with E-state index in [2.05, 4.69) is 15.5 Å². The predicted octanol–water partition coefficient (Wildman–Crippen LogP) is 1.18. The first-order valence-corrected chi connectivity index (χ1v) is 4.60. The highest BCUT2D eigenvalue weighted by Gasteiger charge is 2.10. The van der Waals surface area contributed by atoms with Gasteiger partial charge in [-0.3, -0.25) is 9.89 Å². The lowest BCUT2D eigenvalue weighted by atomic mass is 10.4. The van der Waals surface area contributed by atoms with Crippen LogP contribution in [0, 0.1) is 0 Å². The highest BCUT2D eigenvalue weighted by molar-refractivity contribution is 5.92. The molecule has 0 unspecified atom stereocenters. The molecule has 5 nitrogen and oxygen atoms in total. The van der Waals surface area contributed by atoms with Gasteiger partial charge < -0.3 is 10.2 Å². The van der Waals surface area contributed by atoms with Gasteiger partial charge in [-0.1, -0.05) is 13.8 Å². The summed E-state index contributed by atoms with van der Waals surface area (Å²) in [5.41, 5.74) is 0.490. The minimum atomic E-state index is -0.0796. The van der Waals surface area contributed by atoms with Gasteiger partial charge in [0.15, 0.2) is 0 Å². The molecule has 1 aromatic heterocycles. The highest BCUT2D eigenvalue weighted by atomic mass is 16.2. The minimum absolute atomic E-state index is 0.0796. The van der Waals surface area contributed by atoms with Crippen LogP contribution in [-0.2, 0) is 0 Å². The number of nitrogens with zero attached hydrogens (tertiary/aromatic N) is 2. The van der Waals surface area contributed by atoms with Crippen molar-refractivity contribution in [3.05, 3.63) is 11.8 Å². The van der Waals surface area contributed by atoms with Crippen LogP contribution in [0.2, 0.25) is 0 Å². The second-order valence-corrected chi connectivity index (χ2v) is 2.62. The summed E-state index contributed by atoms with van der Waals surface area (Å²) in [5, 5.41) is 9.32. The molecule has 0 aliphatic heterocycles. The average molecular weight is 198 g/mol. The summed E-state index contributed by atoms with van der Waals surface area (Å²) in [7, 11) is 5.14. The lowest BCUT2D eigenvalue weighted by Crippen LogP contribution is -2.21. The summed E-state index contributed by atoms with van der Waals surface area (Å²) >= 11 is 0. The Kier molecular flexibility index (Phi) is 5.36. The van der Waals surface area contributed by atoms with Crippen LogP contribution in [0.4, 0.5) is 5.82 Å². The predicted molar refractivity (Wildman–Crippen MR) is 57.5 cm³/mol. The number of carbonyl (C=O) groups excluding carboxylic acids is 1. The fourth-order valence-electron chi connectivity index (χ4n) is 0.800. The lowest BCUT2D eigenvalue weighted by molar-refractivity contribution is 0.0822. The van der Waals surface area contributed by atoms with Crippen LogP contribution in [0.1, 0.15) is 24.3 Å². The van der Waals surface area contributed by atoms with Gasteiger partial charge in [-0.25, -0.2) is 0 Å². The molecule has 1 heterocycles. The van der Waals surface area contributed by atoms with Crippen molar-refractivity contribution in [2.75, 3.05) is 26.5 Å². The van der Waals surface area contributed by atoms with E-state index in [1.807, 2.05) is 13.8 Å². The van der Waals surface area contributed by atoms with E-state index in [0.29, 0.717) is 11.5 Å². The van der Waals surface area contributed by atoms with Crippen molar-refractivity contribution in [3.63, 3.8) is 0 Å². The summed E-state index contributed by atoms with van der Waals surface area (Å²) in [6.45, 7) is 4.00. The average Bonchev–Trinajstić information content (AvgIpc) is 2.67. The number of aromatic nitrogens is 2. The van der Waals surface area contributed by atoms with Crippen LogP contribution >= 0.6 is 0 Å². The molecular formula is C9H18N4O. The lowest BCUT2D eigenvalue weighted by Gasteiger charge is -2.06. The molecule has 0 aromatic carbocycles. The van der Waals surface area contributed by atoms with Gasteiger partial charge >= 0.3 is 0 Å². The Hall–Kier alpha value is -1.52. The first-order valence-electron chi connectivity index (χ1n) is 4.60. The van der Waals surface area contributed by atoms with Crippen molar-refractivity contribution >= 4 is 11.7 Å². The molecule has 1 aromatic rings. The maximum atomic E-state index is 11.3. The van der Waals surface area contributed by atoms with E-state index in [4.69, 9.17) is 0 Å². The monoisotopic (exact) mass is 198 g/mol. The Bertz CT molecular complexity index is 280. The van der Waals surface area contributed by atoms with Gasteiger partial charge in [0.2, 0.25) is 0 Å². The van der Waals surface area contributed by atoms with Gasteiger partial charge in [0.05, 0.1) is 0 Å². The van der Waals surface area contributed by atoms with Crippen molar-refractivity contribution < 1.29 is 4.79 Å². The number of hydrogen-bond acceptors (Lipinski definition) is 3. The first-order chi connectivity index (χ1) is 6.65. The normalized spacial score (nSPS) is 8.64. The third-order valence-corrected chi connectivity index (χ3v) is 1.47. The molecule has 80 valence electrons. The molecule has 0 aliphatic rings. The van der Waals surface area contributed by atoms with Gasteiger partial charge in [-0.15, -0.1) is 0 Å². The van der Waals surface area contributed by atoms with Crippen LogP contribution in [0.3, 0.4) is 0 Å². The van der Waals surface area contributed by atoms with E-state index in [0.717, 1.165) is 0 Å². The third kappa shape index (κ3) is 3.08.